The Balaban J connectivity index is 2.77. The van der Waals surface area contributed by atoms with Crippen molar-refractivity contribution >= 4 is 12.1 Å². The lowest BCUT2D eigenvalue weighted by Crippen LogP contribution is -2.52. The average molecular weight is 328 g/mol. The highest BCUT2D eigenvalue weighted by atomic mass is 16.6. The van der Waals surface area contributed by atoms with E-state index in [2.05, 4.69) is 19.2 Å². The summed E-state index contributed by atoms with van der Waals surface area (Å²) >= 11 is 0. The van der Waals surface area contributed by atoms with Gasteiger partial charge in [-0.3, -0.25) is 9.69 Å². The van der Waals surface area contributed by atoms with Crippen molar-refractivity contribution in [1.82, 2.24) is 10.2 Å². The fourth-order valence-corrected chi connectivity index (χ4v) is 2.40. The molecule has 6 heteroatoms. The molecule has 6 nitrogen and oxygen atoms in total. The van der Waals surface area contributed by atoms with Crippen LogP contribution in [0.5, 0.6) is 0 Å². The summed E-state index contributed by atoms with van der Waals surface area (Å²) < 4.78 is 5.34. The Morgan fingerprint density at radius 2 is 1.96 bits per heavy atom. The third-order valence-corrected chi connectivity index (χ3v) is 3.97. The van der Waals surface area contributed by atoms with Crippen LogP contribution in [-0.2, 0) is 9.53 Å². The number of hydrogen-bond donors (Lipinski definition) is 2. The van der Waals surface area contributed by atoms with Gasteiger partial charge >= 0.3 is 12.1 Å². The summed E-state index contributed by atoms with van der Waals surface area (Å²) in [6.45, 7) is 10.3. The molecule has 0 radical (unpaired) electrons. The average Bonchev–Trinajstić information content (AvgIpc) is 3.18. The highest BCUT2D eigenvalue weighted by Gasteiger charge is 2.31. The van der Waals surface area contributed by atoms with Gasteiger partial charge in [0.05, 0.1) is 12.7 Å². The molecule has 0 bridgehead atoms. The fraction of sp³-hybridized carbons (Fsp3) is 0.882. The second kappa shape index (κ2) is 8.52. The predicted octanol–water partition coefficient (Wildman–Crippen LogP) is 3.07. The molecule has 1 saturated carbocycles. The highest BCUT2D eigenvalue weighted by Crippen LogP contribution is 2.30. The molecule has 0 spiro atoms. The molecule has 1 unspecified atom stereocenters. The van der Waals surface area contributed by atoms with E-state index in [1.807, 2.05) is 25.7 Å². The molecule has 0 saturated heterocycles. The molecule has 0 aromatic rings. The molecule has 1 aliphatic carbocycles. The van der Waals surface area contributed by atoms with Crippen LogP contribution < -0.4 is 5.32 Å². The van der Waals surface area contributed by atoms with Crippen molar-refractivity contribution in [2.24, 2.45) is 11.8 Å². The van der Waals surface area contributed by atoms with Crippen LogP contribution >= 0.6 is 0 Å². The summed E-state index contributed by atoms with van der Waals surface area (Å²) in [4.78, 5) is 25.2. The van der Waals surface area contributed by atoms with Gasteiger partial charge in [0.25, 0.3) is 0 Å². The smallest absolute Gasteiger partial charge is 0.408 e. The zero-order valence-electron chi connectivity index (χ0n) is 15.1. The summed E-state index contributed by atoms with van der Waals surface area (Å²) in [5, 5.41) is 12.1. The van der Waals surface area contributed by atoms with Crippen molar-refractivity contribution in [1.29, 1.82) is 0 Å². The summed E-state index contributed by atoms with van der Waals surface area (Å²) in [5.41, 5.74) is -0.570. The topological polar surface area (TPSA) is 78.9 Å². The second-order valence-electron chi connectivity index (χ2n) is 7.68. The van der Waals surface area contributed by atoms with Gasteiger partial charge in [-0.15, -0.1) is 0 Å². The summed E-state index contributed by atoms with van der Waals surface area (Å²) in [6.07, 6.45) is 3.18. The van der Waals surface area contributed by atoms with Crippen molar-refractivity contribution in [2.45, 2.75) is 72.1 Å². The van der Waals surface area contributed by atoms with Gasteiger partial charge in [0, 0.05) is 6.54 Å². The van der Waals surface area contributed by atoms with Crippen LogP contribution in [-0.4, -0.2) is 46.9 Å². The molecule has 0 aliphatic heterocycles. The number of carboxylic acids is 1. The predicted molar refractivity (Wildman–Crippen MR) is 89.2 cm³/mol. The first-order valence-electron chi connectivity index (χ1n) is 8.56. The number of aliphatic carboxylic acids is 1. The molecule has 1 amide bonds. The van der Waals surface area contributed by atoms with Crippen LogP contribution in [0.1, 0.15) is 60.3 Å². The third kappa shape index (κ3) is 8.79. The van der Waals surface area contributed by atoms with E-state index in [1.54, 1.807) is 0 Å². The Labute approximate surface area is 139 Å². The van der Waals surface area contributed by atoms with E-state index in [9.17, 15) is 14.7 Å². The molecule has 134 valence electrons. The zero-order chi connectivity index (χ0) is 17.6. The maximum absolute atomic E-state index is 12.1. The van der Waals surface area contributed by atoms with E-state index in [0.29, 0.717) is 18.4 Å². The SMILES string of the molecule is CC[C@H](C)CC(NC(=O)OC(C)(C)C)N(CC(=O)O)CC1CC1. The highest BCUT2D eigenvalue weighted by molar-refractivity contribution is 5.70. The van der Waals surface area contributed by atoms with Crippen molar-refractivity contribution in [3.05, 3.63) is 0 Å². The molecule has 2 atom stereocenters. The second-order valence-corrected chi connectivity index (χ2v) is 7.68. The normalized spacial score (nSPS) is 17.7. The zero-order valence-corrected chi connectivity index (χ0v) is 15.1. The summed E-state index contributed by atoms with van der Waals surface area (Å²) in [5.74, 6) is 0.0745. The molecule has 0 aromatic carbocycles. The number of carbonyl (C=O) groups excluding carboxylic acids is 1. The number of alkyl carbamates (subject to hydrolysis) is 1. The van der Waals surface area contributed by atoms with Gasteiger partial charge < -0.3 is 15.2 Å². The number of amides is 1. The van der Waals surface area contributed by atoms with Crippen LogP contribution in [0.25, 0.3) is 0 Å². The summed E-state index contributed by atoms with van der Waals surface area (Å²) in [6, 6.07) is 0. The van der Waals surface area contributed by atoms with Gasteiger partial charge in [0.15, 0.2) is 0 Å². The molecule has 2 N–H and O–H groups in total. The van der Waals surface area contributed by atoms with Gasteiger partial charge in [-0.25, -0.2) is 4.79 Å². The van der Waals surface area contributed by atoms with Crippen LogP contribution in [0.3, 0.4) is 0 Å². The first-order valence-corrected chi connectivity index (χ1v) is 8.56. The molecular formula is C17H32N2O4. The Bertz CT molecular complexity index is 402. The Morgan fingerprint density at radius 1 is 1.35 bits per heavy atom. The molecule has 1 aliphatic rings. The molecule has 1 rings (SSSR count). The number of carbonyl (C=O) groups is 2. The Hall–Kier alpha value is -1.30. The lowest BCUT2D eigenvalue weighted by atomic mass is 10.0. The van der Waals surface area contributed by atoms with Gasteiger partial charge in [-0.2, -0.15) is 0 Å². The maximum Gasteiger partial charge on any atom is 0.408 e. The van der Waals surface area contributed by atoms with E-state index >= 15 is 0 Å². The fourth-order valence-electron chi connectivity index (χ4n) is 2.40. The number of rotatable bonds is 9. The van der Waals surface area contributed by atoms with E-state index in [1.165, 1.54) is 0 Å². The molecule has 23 heavy (non-hydrogen) atoms. The van der Waals surface area contributed by atoms with Gasteiger partial charge in [0.2, 0.25) is 0 Å². The van der Waals surface area contributed by atoms with Gasteiger partial charge in [-0.05, 0) is 51.9 Å². The van der Waals surface area contributed by atoms with Crippen LogP contribution in [0, 0.1) is 11.8 Å². The van der Waals surface area contributed by atoms with Crippen molar-refractivity contribution in [3.63, 3.8) is 0 Å². The number of nitrogens with one attached hydrogen (secondary N) is 1. The van der Waals surface area contributed by atoms with E-state index in [-0.39, 0.29) is 12.7 Å². The number of nitrogens with zero attached hydrogens (tertiary/aromatic N) is 1. The minimum Gasteiger partial charge on any atom is -0.480 e. The standard InChI is InChI=1S/C17H32N2O4/c1-6-12(2)9-14(18-16(22)23-17(3,4)5)19(11-15(20)21)10-13-7-8-13/h12-14H,6-11H2,1-5H3,(H,18,22)(H,20,21)/t12-,14?/m0/s1. The lowest BCUT2D eigenvalue weighted by Gasteiger charge is -2.33. The third-order valence-electron chi connectivity index (χ3n) is 3.97. The van der Waals surface area contributed by atoms with Crippen molar-refractivity contribution in [3.8, 4) is 0 Å². The van der Waals surface area contributed by atoms with E-state index in [0.717, 1.165) is 25.7 Å². The first-order chi connectivity index (χ1) is 10.6. The van der Waals surface area contributed by atoms with Gasteiger partial charge in [0.1, 0.15) is 5.60 Å². The maximum atomic E-state index is 12.1. The van der Waals surface area contributed by atoms with E-state index < -0.39 is 17.7 Å². The minimum absolute atomic E-state index is 0.0621. The monoisotopic (exact) mass is 328 g/mol. The largest absolute Gasteiger partial charge is 0.480 e. The molecule has 0 aromatic heterocycles. The molecule has 1 fully saturated rings. The van der Waals surface area contributed by atoms with Gasteiger partial charge in [-0.1, -0.05) is 20.3 Å². The van der Waals surface area contributed by atoms with Crippen molar-refractivity contribution < 1.29 is 19.4 Å². The summed E-state index contributed by atoms with van der Waals surface area (Å²) in [7, 11) is 0. The van der Waals surface area contributed by atoms with Crippen LogP contribution in [0.4, 0.5) is 4.79 Å². The lowest BCUT2D eigenvalue weighted by molar-refractivity contribution is -0.139. The number of carboxylic acid groups (broad SMARTS) is 1. The number of ether oxygens (including phenoxy) is 1. The van der Waals surface area contributed by atoms with Crippen LogP contribution in [0.2, 0.25) is 0 Å². The Kier molecular flexibility index (Phi) is 7.32. The molecular weight excluding hydrogens is 296 g/mol. The first kappa shape index (κ1) is 19.7. The Morgan fingerprint density at radius 3 is 2.39 bits per heavy atom. The molecule has 0 heterocycles. The van der Waals surface area contributed by atoms with Crippen molar-refractivity contribution in [2.75, 3.05) is 13.1 Å². The minimum atomic E-state index is -0.870. The quantitative estimate of drug-likeness (QED) is 0.636. The number of hydrogen-bond acceptors (Lipinski definition) is 4. The van der Waals surface area contributed by atoms with Crippen LogP contribution in [0.15, 0.2) is 0 Å². The van der Waals surface area contributed by atoms with E-state index in [4.69, 9.17) is 4.74 Å².